The number of carboxylic acid groups (broad SMARTS) is 1. The average molecular weight is 514 g/mol. The van der Waals surface area contributed by atoms with Gasteiger partial charge in [-0.15, -0.1) is 11.3 Å². The first-order chi connectivity index (χ1) is 14.7. The molecule has 0 aliphatic heterocycles. The summed E-state index contributed by atoms with van der Waals surface area (Å²) >= 11 is 4.87. The molecule has 0 aromatic carbocycles. The molecule has 0 saturated heterocycles. The molecule has 4 heterocycles. The van der Waals surface area contributed by atoms with Gasteiger partial charge in [-0.2, -0.15) is 23.5 Å². The summed E-state index contributed by atoms with van der Waals surface area (Å²) in [5.41, 5.74) is 2.48. The molecular weight excluding hydrogens is 503 g/mol. The highest BCUT2D eigenvalue weighted by atomic mass is 79.9. The molecule has 0 bridgehead atoms. The van der Waals surface area contributed by atoms with Gasteiger partial charge in [-0.3, -0.25) is 4.68 Å². The van der Waals surface area contributed by atoms with Crippen LogP contribution in [0, 0.1) is 11.3 Å². The number of halogens is 4. The number of alkyl halides is 3. The highest BCUT2D eigenvalue weighted by Crippen LogP contribution is 2.31. The van der Waals surface area contributed by atoms with Gasteiger partial charge in [0.15, 0.2) is 3.92 Å². The van der Waals surface area contributed by atoms with Gasteiger partial charge in [-0.1, -0.05) is 0 Å². The van der Waals surface area contributed by atoms with Gasteiger partial charge in [0, 0.05) is 29.5 Å². The van der Waals surface area contributed by atoms with Crippen molar-refractivity contribution in [3.05, 3.63) is 46.0 Å². The number of fused-ring (bicyclic) bond motifs is 1. The summed E-state index contributed by atoms with van der Waals surface area (Å²) in [4.78, 5) is 25.7. The van der Waals surface area contributed by atoms with Crippen molar-refractivity contribution in [2.24, 2.45) is 0 Å². The normalized spacial score (nSPS) is 12.1. The molecule has 0 aliphatic carbocycles. The fraction of sp³-hybridized carbons (Fsp3) is 0.176. The number of aliphatic carboxylic acids is 1. The van der Waals surface area contributed by atoms with Crippen LogP contribution in [-0.4, -0.2) is 47.0 Å². The molecule has 4 aromatic rings. The lowest BCUT2D eigenvalue weighted by Gasteiger charge is -2.11. The van der Waals surface area contributed by atoms with E-state index in [0.717, 1.165) is 31.1 Å². The number of aromatic amines is 1. The van der Waals surface area contributed by atoms with Crippen molar-refractivity contribution >= 4 is 44.3 Å². The maximum Gasteiger partial charge on any atom is 0.490 e. The van der Waals surface area contributed by atoms with Crippen molar-refractivity contribution in [2.75, 3.05) is 0 Å². The third-order valence-corrected chi connectivity index (χ3v) is 5.48. The number of rotatable bonds is 4. The third-order valence-electron chi connectivity index (χ3n) is 3.90. The summed E-state index contributed by atoms with van der Waals surface area (Å²) < 4.78 is 34.3. The molecule has 31 heavy (non-hydrogen) atoms. The molecule has 4 aromatic heterocycles. The minimum Gasteiger partial charge on any atom is -0.475 e. The maximum absolute atomic E-state index is 10.6. The minimum absolute atomic E-state index is 0.170. The van der Waals surface area contributed by atoms with Gasteiger partial charge in [0.05, 0.1) is 29.3 Å². The number of carbonyl (C=O) groups is 1. The lowest BCUT2D eigenvalue weighted by molar-refractivity contribution is -0.192. The summed E-state index contributed by atoms with van der Waals surface area (Å²) in [7, 11) is 0. The molecule has 0 fully saturated rings. The largest absolute Gasteiger partial charge is 0.490 e. The Morgan fingerprint density at radius 1 is 1.35 bits per heavy atom. The Morgan fingerprint density at radius 3 is 2.71 bits per heavy atom. The Balaban J connectivity index is 0.000000339. The zero-order valence-corrected chi connectivity index (χ0v) is 17.6. The van der Waals surface area contributed by atoms with Gasteiger partial charge in [0.25, 0.3) is 0 Å². The molecule has 14 heteroatoms. The van der Waals surface area contributed by atoms with E-state index in [1.807, 2.05) is 18.5 Å². The molecule has 0 aliphatic rings. The highest BCUT2D eigenvalue weighted by molar-refractivity contribution is 9.11. The summed E-state index contributed by atoms with van der Waals surface area (Å²) in [6, 6.07) is 3.99. The van der Waals surface area contributed by atoms with Crippen molar-refractivity contribution < 1.29 is 23.1 Å². The van der Waals surface area contributed by atoms with E-state index >= 15 is 0 Å². The number of nitrogens with one attached hydrogen (secondary N) is 1. The fourth-order valence-corrected chi connectivity index (χ4v) is 3.96. The zero-order valence-electron chi connectivity index (χ0n) is 15.2. The molecule has 0 saturated carbocycles. The summed E-state index contributed by atoms with van der Waals surface area (Å²) in [6.45, 7) is 0. The smallest absolute Gasteiger partial charge is 0.475 e. The van der Waals surface area contributed by atoms with Crippen LogP contribution in [0.15, 0.2) is 41.1 Å². The van der Waals surface area contributed by atoms with Crippen LogP contribution in [-0.2, 0) is 4.79 Å². The molecule has 1 unspecified atom stereocenters. The lowest BCUT2D eigenvalue weighted by atomic mass is 10.2. The number of aromatic nitrogens is 6. The van der Waals surface area contributed by atoms with Gasteiger partial charge in [0.1, 0.15) is 18.0 Å². The molecule has 2 N–H and O–H groups in total. The summed E-state index contributed by atoms with van der Waals surface area (Å²) in [5, 5.41) is 21.7. The molecule has 0 radical (unpaired) electrons. The van der Waals surface area contributed by atoms with Gasteiger partial charge in [0.2, 0.25) is 0 Å². The van der Waals surface area contributed by atoms with Gasteiger partial charge in [-0.25, -0.2) is 19.7 Å². The second kappa shape index (κ2) is 9.23. The van der Waals surface area contributed by atoms with E-state index in [1.54, 1.807) is 17.1 Å². The van der Waals surface area contributed by atoms with Crippen LogP contribution in [0.2, 0.25) is 0 Å². The number of nitrogens with zero attached hydrogens (tertiary/aromatic N) is 6. The monoisotopic (exact) mass is 513 g/mol. The van der Waals surface area contributed by atoms with Gasteiger partial charge >= 0.3 is 12.1 Å². The zero-order chi connectivity index (χ0) is 22.6. The Hall–Kier alpha value is -3.31. The Labute approximate surface area is 184 Å². The lowest BCUT2D eigenvalue weighted by Crippen LogP contribution is -2.21. The van der Waals surface area contributed by atoms with Crippen LogP contribution in [0.5, 0.6) is 0 Å². The first-order valence-corrected chi connectivity index (χ1v) is 9.92. The Morgan fingerprint density at radius 2 is 2.10 bits per heavy atom. The van der Waals surface area contributed by atoms with Crippen LogP contribution < -0.4 is 0 Å². The molecule has 0 spiro atoms. The number of hydrogen-bond donors (Lipinski definition) is 2. The van der Waals surface area contributed by atoms with Crippen molar-refractivity contribution in [1.29, 1.82) is 5.26 Å². The number of H-pyrrole nitrogens is 1. The fourth-order valence-electron chi connectivity index (χ4n) is 2.56. The second-order valence-corrected chi connectivity index (χ2v) is 8.21. The molecule has 160 valence electrons. The van der Waals surface area contributed by atoms with E-state index in [9.17, 15) is 13.2 Å². The molecule has 0 amide bonds. The van der Waals surface area contributed by atoms with Crippen LogP contribution in [0.3, 0.4) is 0 Å². The SMILES string of the molecule is N#CCC(c1cnc(Br)s1)n1cc(-c2ncnc3[nH]ccc23)cn1.O=C(O)C(F)(F)F. The topological polar surface area (TPSA) is 133 Å². The Bertz CT molecular complexity index is 1240. The van der Waals surface area contributed by atoms with E-state index < -0.39 is 12.1 Å². The van der Waals surface area contributed by atoms with Crippen LogP contribution in [0.4, 0.5) is 13.2 Å². The molecule has 1 atom stereocenters. The molecular formula is C17H11BrF3N7O2S. The molecule has 4 rings (SSSR count). The quantitative estimate of drug-likeness (QED) is 0.418. The Kier molecular flexibility index (Phi) is 6.66. The van der Waals surface area contributed by atoms with Crippen LogP contribution in [0.25, 0.3) is 22.3 Å². The average Bonchev–Trinajstić information content (AvgIpc) is 3.46. The standard InChI is InChI=1S/C15H10BrN7S.C2HF3O2/c16-15-19-6-12(24-15)11(1-3-17)23-7-9(5-22-23)13-10-2-4-18-14(10)21-8-20-13;3-2(4,5)1(6)7/h2,4-8,11H,1H2,(H,18,20,21);(H,6,7). The van der Waals surface area contributed by atoms with E-state index in [2.05, 4.69) is 47.0 Å². The number of carboxylic acids is 1. The number of thiazole rings is 1. The van der Waals surface area contributed by atoms with Crippen LogP contribution >= 0.6 is 27.3 Å². The maximum atomic E-state index is 10.6. The predicted octanol–water partition coefficient (Wildman–Crippen LogP) is 4.18. The van der Waals surface area contributed by atoms with E-state index in [0.29, 0.717) is 6.42 Å². The van der Waals surface area contributed by atoms with Gasteiger partial charge in [-0.05, 0) is 22.0 Å². The predicted molar refractivity (Wildman–Crippen MR) is 107 cm³/mol. The van der Waals surface area contributed by atoms with Crippen LogP contribution in [0.1, 0.15) is 17.3 Å². The summed E-state index contributed by atoms with van der Waals surface area (Å²) in [5.74, 6) is -2.76. The number of hydrogen-bond acceptors (Lipinski definition) is 7. The van der Waals surface area contributed by atoms with Gasteiger partial charge < -0.3 is 10.1 Å². The second-order valence-electron chi connectivity index (χ2n) is 5.87. The van der Waals surface area contributed by atoms with E-state index in [-0.39, 0.29) is 6.04 Å². The van der Waals surface area contributed by atoms with E-state index in [4.69, 9.17) is 15.2 Å². The highest BCUT2D eigenvalue weighted by Gasteiger charge is 2.38. The van der Waals surface area contributed by atoms with Crippen molar-refractivity contribution in [3.63, 3.8) is 0 Å². The van der Waals surface area contributed by atoms with Crippen molar-refractivity contribution in [1.82, 2.24) is 29.7 Å². The summed E-state index contributed by atoms with van der Waals surface area (Å²) in [6.07, 6.45) is 4.03. The van der Waals surface area contributed by atoms with Crippen molar-refractivity contribution in [3.8, 4) is 17.3 Å². The third kappa shape index (κ3) is 5.25. The molecule has 9 nitrogen and oxygen atoms in total. The number of nitriles is 1. The van der Waals surface area contributed by atoms with E-state index in [1.165, 1.54) is 17.7 Å². The minimum atomic E-state index is -5.08. The first-order valence-electron chi connectivity index (χ1n) is 8.31. The first kappa shape index (κ1) is 22.4. The van der Waals surface area contributed by atoms with Crippen molar-refractivity contribution in [2.45, 2.75) is 18.6 Å².